The van der Waals surface area contributed by atoms with Crippen molar-refractivity contribution < 1.29 is 29.3 Å². The number of thiazole rings is 1. The van der Waals surface area contributed by atoms with Crippen molar-refractivity contribution in [2.45, 2.75) is 92.0 Å². The van der Waals surface area contributed by atoms with E-state index in [1.54, 1.807) is 39.2 Å². The molecule has 0 radical (unpaired) electrons. The lowest BCUT2D eigenvalue weighted by Crippen LogP contribution is -2.45. The van der Waals surface area contributed by atoms with Crippen molar-refractivity contribution in [3.05, 3.63) is 39.0 Å². The molecule has 1 aromatic rings. The summed E-state index contributed by atoms with van der Waals surface area (Å²) >= 11 is 1.35. The highest BCUT2D eigenvalue weighted by molar-refractivity contribution is 7.09. The monoisotopic (exact) mass is 493 g/mol. The van der Waals surface area contributed by atoms with Crippen LogP contribution in [0, 0.1) is 29.4 Å². The SMILES string of the molecule is C/C(=C\c1csc(C)[n+]1[O-])[C@H]1C/C=C\CCC[C@@H](C)[C@@H](O)[C@@H](C)C(=O)C(C)(C)[C@@H](O)CC(=O)O1. The number of Topliss-reactive ketones (excluding diaryl/α,β-unsaturated/α-hetero) is 1. The Bertz CT molecular complexity index is 918. The zero-order valence-corrected chi connectivity index (χ0v) is 21.9. The van der Waals surface area contributed by atoms with Gasteiger partial charge in [0.1, 0.15) is 11.9 Å². The van der Waals surface area contributed by atoms with E-state index in [0.29, 0.717) is 17.1 Å². The third-order valence-electron chi connectivity index (χ3n) is 6.91. The Morgan fingerprint density at radius 2 is 1.94 bits per heavy atom. The van der Waals surface area contributed by atoms with E-state index in [1.165, 1.54) is 11.3 Å². The summed E-state index contributed by atoms with van der Waals surface area (Å²) in [6, 6.07) is 0. The summed E-state index contributed by atoms with van der Waals surface area (Å²) in [6.07, 6.45) is 5.55. The molecule has 0 amide bonds. The van der Waals surface area contributed by atoms with Crippen molar-refractivity contribution in [3.63, 3.8) is 0 Å². The molecular weight excluding hydrogens is 454 g/mol. The van der Waals surface area contributed by atoms with E-state index in [1.807, 2.05) is 26.0 Å². The predicted octanol–water partition coefficient (Wildman–Crippen LogP) is 4.11. The highest BCUT2D eigenvalue weighted by Crippen LogP contribution is 2.32. The van der Waals surface area contributed by atoms with Gasteiger partial charge in [0.25, 0.3) is 0 Å². The summed E-state index contributed by atoms with van der Waals surface area (Å²) in [5, 5.41) is 36.0. The predicted molar refractivity (Wildman–Crippen MR) is 133 cm³/mol. The van der Waals surface area contributed by atoms with Gasteiger partial charge in [-0.25, -0.2) is 0 Å². The van der Waals surface area contributed by atoms with Gasteiger partial charge in [-0.3, -0.25) is 9.59 Å². The summed E-state index contributed by atoms with van der Waals surface area (Å²) in [7, 11) is 0. The molecule has 2 rings (SSSR count). The van der Waals surface area contributed by atoms with Crippen LogP contribution in [0.5, 0.6) is 0 Å². The fourth-order valence-corrected chi connectivity index (χ4v) is 4.91. The number of esters is 1. The first-order valence-electron chi connectivity index (χ1n) is 12.0. The maximum absolute atomic E-state index is 13.1. The molecule has 0 spiro atoms. The molecule has 8 heteroatoms. The molecule has 0 unspecified atom stereocenters. The second kappa shape index (κ2) is 12.1. The van der Waals surface area contributed by atoms with Crippen LogP contribution in [-0.4, -0.2) is 40.3 Å². The fraction of sp³-hybridized carbons (Fsp3) is 0.654. The Balaban J connectivity index is 2.30. The average Bonchev–Trinajstić information content (AvgIpc) is 3.09. The molecule has 2 N–H and O–H groups in total. The molecule has 1 aliphatic heterocycles. The summed E-state index contributed by atoms with van der Waals surface area (Å²) in [5.74, 6) is -1.63. The minimum absolute atomic E-state index is 0.0658. The van der Waals surface area contributed by atoms with Crippen LogP contribution < -0.4 is 4.73 Å². The van der Waals surface area contributed by atoms with E-state index in [0.717, 1.165) is 29.6 Å². The van der Waals surface area contributed by atoms with Crippen molar-refractivity contribution in [1.29, 1.82) is 0 Å². The van der Waals surface area contributed by atoms with Gasteiger partial charge in [-0.05, 0) is 37.7 Å². The summed E-state index contributed by atoms with van der Waals surface area (Å²) in [6.45, 7) is 10.4. The van der Waals surface area contributed by atoms with Crippen LogP contribution in [0.4, 0.5) is 0 Å². The van der Waals surface area contributed by atoms with Gasteiger partial charge in [-0.15, -0.1) is 0 Å². The number of aliphatic hydroxyl groups is 2. The van der Waals surface area contributed by atoms with Crippen molar-refractivity contribution >= 4 is 29.2 Å². The van der Waals surface area contributed by atoms with E-state index in [-0.39, 0.29) is 18.1 Å². The van der Waals surface area contributed by atoms with E-state index in [9.17, 15) is 25.0 Å². The largest absolute Gasteiger partial charge is 0.617 e. The quantitative estimate of drug-likeness (QED) is 0.278. The molecule has 5 atom stereocenters. The topological polar surface area (TPSA) is 111 Å². The Morgan fingerprint density at radius 3 is 2.56 bits per heavy atom. The number of hydrogen-bond donors (Lipinski definition) is 2. The summed E-state index contributed by atoms with van der Waals surface area (Å²) in [5.41, 5.74) is -0.0177. The molecule has 190 valence electrons. The van der Waals surface area contributed by atoms with Gasteiger partial charge in [0.05, 0.1) is 29.4 Å². The third kappa shape index (κ3) is 6.99. The molecule has 7 nitrogen and oxygen atoms in total. The number of carbonyl (C=O) groups excluding carboxylic acids is 2. The van der Waals surface area contributed by atoms with Crippen LogP contribution in [0.25, 0.3) is 6.08 Å². The molecule has 1 aromatic heterocycles. The van der Waals surface area contributed by atoms with Crippen LogP contribution in [-0.2, 0) is 14.3 Å². The van der Waals surface area contributed by atoms with E-state index in [2.05, 4.69) is 0 Å². The van der Waals surface area contributed by atoms with E-state index < -0.39 is 35.6 Å². The normalized spacial score (nSPS) is 31.2. The second-order valence-electron chi connectivity index (χ2n) is 10.0. The van der Waals surface area contributed by atoms with Crippen molar-refractivity contribution in [1.82, 2.24) is 0 Å². The molecule has 0 saturated heterocycles. The Labute approximate surface area is 206 Å². The number of nitrogens with zero attached hydrogens (tertiary/aromatic N) is 1. The highest BCUT2D eigenvalue weighted by Gasteiger charge is 2.42. The number of rotatable bonds is 2. The van der Waals surface area contributed by atoms with Gasteiger partial charge < -0.3 is 20.2 Å². The van der Waals surface area contributed by atoms with Gasteiger partial charge in [0.2, 0.25) is 10.7 Å². The van der Waals surface area contributed by atoms with Gasteiger partial charge >= 0.3 is 5.97 Å². The summed E-state index contributed by atoms with van der Waals surface area (Å²) < 4.78 is 6.55. The molecule has 34 heavy (non-hydrogen) atoms. The lowest BCUT2D eigenvalue weighted by molar-refractivity contribution is -0.608. The lowest BCUT2D eigenvalue weighted by atomic mass is 9.73. The van der Waals surface area contributed by atoms with Crippen molar-refractivity contribution in [3.8, 4) is 0 Å². The number of cyclic esters (lactones) is 1. The smallest absolute Gasteiger partial charge is 0.309 e. The number of aliphatic hydroxyl groups excluding tert-OH is 2. The third-order valence-corrected chi connectivity index (χ3v) is 7.78. The first-order chi connectivity index (χ1) is 15.9. The maximum Gasteiger partial charge on any atom is 0.309 e. The Kier molecular flexibility index (Phi) is 10.0. The number of ether oxygens (including phenoxy) is 1. The van der Waals surface area contributed by atoms with Crippen LogP contribution >= 0.6 is 11.3 Å². The molecule has 0 aromatic carbocycles. The molecule has 2 heterocycles. The highest BCUT2D eigenvalue weighted by atomic mass is 32.1. The van der Waals surface area contributed by atoms with Crippen molar-refractivity contribution in [2.24, 2.45) is 17.3 Å². The first kappa shape index (κ1) is 28.2. The van der Waals surface area contributed by atoms with E-state index in [4.69, 9.17) is 4.74 Å². The maximum atomic E-state index is 13.1. The average molecular weight is 494 g/mol. The van der Waals surface area contributed by atoms with E-state index >= 15 is 0 Å². The standard InChI is InChI=1S/C26H39NO6S/c1-16-11-9-7-8-10-12-21(17(2)13-20-15-34-19(4)27(20)32)33-23(29)14-22(28)26(5,6)25(31)18(3)24(16)30/h8,10,13,15-16,18,21-22,24,28,30H,7,9,11-12,14H2,1-6H3/b10-8-,17-13+/t16-,18-,21-,22+,24-/m1/s1. The minimum atomic E-state index is -1.26. The van der Waals surface area contributed by atoms with Gasteiger partial charge in [0.15, 0.2) is 0 Å². The minimum Gasteiger partial charge on any atom is -0.617 e. The number of hydrogen-bond acceptors (Lipinski definition) is 7. The van der Waals surface area contributed by atoms with Gasteiger partial charge in [0, 0.05) is 25.3 Å². The van der Waals surface area contributed by atoms with Crippen LogP contribution in [0.1, 0.15) is 77.4 Å². The number of aromatic nitrogens is 1. The molecule has 0 aliphatic carbocycles. The number of aryl methyl sites for hydroxylation is 1. The van der Waals surface area contributed by atoms with Crippen LogP contribution in [0.2, 0.25) is 0 Å². The fourth-order valence-electron chi connectivity index (χ4n) is 4.25. The zero-order chi connectivity index (χ0) is 25.6. The zero-order valence-electron chi connectivity index (χ0n) is 21.1. The number of allylic oxidation sites excluding steroid dienone is 1. The van der Waals surface area contributed by atoms with Crippen LogP contribution in [0.3, 0.4) is 0 Å². The van der Waals surface area contributed by atoms with Gasteiger partial charge in [-0.1, -0.05) is 51.2 Å². The molecular formula is C26H39NO6S. The van der Waals surface area contributed by atoms with Crippen molar-refractivity contribution in [2.75, 3.05) is 0 Å². The lowest BCUT2D eigenvalue weighted by Gasteiger charge is -2.34. The second-order valence-corrected chi connectivity index (χ2v) is 11.1. The first-order valence-corrected chi connectivity index (χ1v) is 12.8. The molecule has 1 aliphatic rings. The van der Waals surface area contributed by atoms with Gasteiger partial charge in [-0.2, -0.15) is 4.73 Å². The number of carbonyl (C=O) groups is 2. The number of ketones is 1. The van der Waals surface area contributed by atoms with Crippen LogP contribution in [0.15, 0.2) is 23.1 Å². The molecule has 0 bridgehead atoms. The Morgan fingerprint density at radius 1 is 1.26 bits per heavy atom. The Hall–Kier alpha value is -2.03. The molecule has 0 fully saturated rings. The molecule has 0 saturated carbocycles. The summed E-state index contributed by atoms with van der Waals surface area (Å²) in [4.78, 5) is 25.9.